The third-order valence-corrected chi connectivity index (χ3v) is 2.91. The van der Waals surface area contributed by atoms with E-state index in [1.807, 2.05) is 0 Å². The molecular formula is C14H18F3NO2. The van der Waals surface area contributed by atoms with Crippen LogP contribution in [0.3, 0.4) is 0 Å². The third kappa shape index (κ3) is 5.21. The zero-order valence-electron chi connectivity index (χ0n) is 11.5. The highest BCUT2D eigenvalue weighted by Crippen LogP contribution is 2.32. The van der Waals surface area contributed by atoms with Gasteiger partial charge in [-0.25, -0.2) is 0 Å². The highest BCUT2D eigenvalue weighted by molar-refractivity contribution is 5.69. The van der Waals surface area contributed by atoms with Gasteiger partial charge in [-0.3, -0.25) is 4.79 Å². The molecule has 0 saturated carbocycles. The smallest absolute Gasteiger partial charge is 0.416 e. The van der Waals surface area contributed by atoms with Crippen LogP contribution in [-0.2, 0) is 22.3 Å². The Kier molecular flexibility index (Phi) is 6.01. The third-order valence-electron chi connectivity index (χ3n) is 2.91. The van der Waals surface area contributed by atoms with Crippen molar-refractivity contribution in [3.05, 3.63) is 35.4 Å². The van der Waals surface area contributed by atoms with Gasteiger partial charge >= 0.3 is 12.1 Å². The maximum Gasteiger partial charge on any atom is 0.416 e. The average Bonchev–Trinajstić information content (AvgIpc) is 2.37. The zero-order chi connectivity index (χ0) is 15.2. The molecule has 0 aromatic heterocycles. The number of alkyl halides is 3. The standard InChI is InChI=1S/C14H18F3NO2/c1-18(9-5-8-13(19)20-2)10-11-6-3-4-7-12(11)14(15,16)17/h3-4,6-7H,5,8-10H2,1-2H3. The Morgan fingerprint density at radius 1 is 1.30 bits per heavy atom. The molecule has 0 atom stereocenters. The Morgan fingerprint density at radius 2 is 1.95 bits per heavy atom. The minimum atomic E-state index is -4.34. The molecule has 0 amide bonds. The number of benzene rings is 1. The van der Waals surface area contributed by atoms with Gasteiger partial charge in [0.15, 0.2) is 0 Å². The molecule has 0 fully saturated rings. The molecule has 0 heterocycles. The summed E-state index contributed by atoms with van der Waals surface area (Å²) < 4.78 is 43.0. The van der Waals surface area contributed by atoms with Gasteiger partial charge in [-0.1, -0.05) is 18.2 Å². The summed E-state index contributed by atoms with van der Waals surface area (Å²) in [4.78, 5) is 12.7. The molecule has 0 radical (unpaired) electrons. The lowest BCUT2D eigenvalue weighted by Gasteiger charge is -2.19. The molecule has 1 aromatic carbocycles. The average molecular weight is 289 g/mol. The van der Waals surface area contributed by atoms with Gasteiger partial charge in [-0.15, -0.1) is 0 Å². The number of ether oxygens (including phenoxy) is 1. The number of esters is 1. The normalized spacial score (nSPS) is 11.7. The van der Waals surface area contributed by atoms with Gasteiger partial charge in [-0.05, 0) is 31.6 Å². The van der Waals surface area contributed by atoms with Gasteiger partial charge in [0, 0.05) is 13.0 Å². The lowest BCUT2D eigenvalue weighted by atomic mass is 10.1. The first kappa shape index (κ1) is 16.5. The number of carbonyl (C=O) groups excluding carboxylic acids is 1. The second-order valence-corrected chi connectivity index (χ2v) is 4.57. The highest BCUT2D eigenvalue weighted by Gasteiger charge is 2.32. The van der Waals surface area contributed by atoms with Gasteiger partial charge in [0.05, 0.1) is 12.7 Å². The molecule has 20 heavy (non-hydrogen) atoms. The van der Waals surface area contributed by atoms with Crippen LogP contribution in [0.15, 0.2) is 24.3 Å². The predicted molar refractivity (Wildman–Crippen MR) is 69.0 cm³/mol. The first-order valence-electron chi connectivity index (χ1n) is 6.25. The van der Waals surface area contributed by atoms with Gasteiger partial charge in [0.25, 0.3) is 0 Å². The molecule has 0 spiro atoms. The van der Waals surface area contributed by atoms with Crippen molar-refractivity contribution < 1.29 is 22.7 Å². The molecule has 112 valence electrons. The molecule has 0 bridgehead atoms. The van der Waals surface area contributed by atoms with Crippen molar-refractivity contribution in [3.8, 4) is 0 Å². The predicted octanol–water partition coefficient (Wildman–Crippen LogP) is 3.09. The number of hydrogen-bond acceptors (Lipinski definition) is 3. The van der Waals surface area contributed by atoms with E-state index >= 15 is 0 Å². The summed E-state index contributed by atoms with van der Waals surface area (Å²) in [5.41, 5.74) is -0.375. The van der Waals surface area contributed by atoms with E-state index in [4.69, 9.17) is 0 Å². The molecular weight excluding hydrogens is 271 g/mol. The van der Waals surface area contributed by atoms with Crippen LogP contribution in [0.2, 0.25) is 0 Å². The Balaban J connectivity index is 2.58. The van der Waals surface area contributed by atoms with E-state index in [0.29, 0.717) is 13.0 Å². The summed E-state index contributed by atoms with van der Waals surface area (Å²) in [5, 5.41) is 0. The van der Waals surface area contributed by atoms with E-state index in [1.165, 1.54) is 19.2 Å². The highest BCUT2D eigenvalue weighted by atomic mass is 19.4. The maximum absolute atomic E-state index is 12.8. The molecule has 6 heteroatoms. The van der Waals surface area contributed by atoms with Crippen LogP contribution in [-0.4, -0.2) is 31.6 Å². The van der Waals surface area contributed by atoms with Crippen molar-refractivity contribution in [1.29, 1.82) is 0 Å². The number of carbonyl (C=O) groups is 1. The number of nitrogens with zero attached hydrogens (tertiary/aromatic N) is 1. The minimum absolute atomic E-state index is 0.191. The van der Waals surface area contributed by atoms with Crippen molar-refractivity contribution >= 4 is 5.97 Å². The van der Waals surface area contributed by atoms with Gasteiger partial charge in [-0.2, -0.15) is 13.2 Å². The van der Waals surface area contributed by atoms with E-state index in [9.17, 15) is 18.0 Å². The number of hydrogen-bond donors (Lipinski definition) is 0. The molecule has 0 aliphatic carbocycles. The van der Waals surface area contributed by atoms with Crippen LogP contribution in [0.25, 0.3) is 0 Å². The summed E-state index contributed by atoms with van der Waals surface area (Å²) in [6, 6.07) is 5.52. The summed E-state index contributed by atoms with van der Waals surface area (Å²) in [5.74, 6) is -0.311. The Labute approximate surface area is 116 Å². The van der Waals surface area contributed by atoms with Gasteiger partial charge in [0.2, 0.25) is 0 Å². The summed E-state index contributed by atoms with van der Waals surface area (Å²) in [6.45, 7) is 0.720. The second kappa shape index (κ2) is 7.28. The summed E-state index contributed by atoms with van der Waals surface area (Å²) in [6.07, 6.45) is -3.53. The number of methoxy groups -OCH3 is 1. The number of rotatable bonds is 6. The lowest BCUT2D eigenvalue weighted by molar-refractivity contribution is -0.140. The Morgan fingerprint density at radius 3 is 2.55 bits per heavy atom. The maximum atomic E-state index is 12.8. The molecule has 0 aliphatic heterocycles. The number of halogens is 3. The summed E-state index contributed by atoms with van der Waals surface area (Å²) >= 11 is 0. The molecule has 0 saturated heterocycles. The first-order chi connectivity index (χ1) is 9.34. The monoisotopic (exact) mass is 289 g/mol. The van der Waals surface area contributed by atoms with Crippen LogP contribution in [0.5, 0.6) is 0 Å². The first-order valence-corrected chi connectivity index (χ1v) is 6.25. The summed E-state index contributed by atoms with van der Waals surface area (Å²) in [7, 11) is 3.04. The fourth-order valence-corrected chi connectivity index (χ4v) is 1.90. The van der Waals surface area contributed by atoms with Crippen LogP contribution in [0, 0.1) is 0 Å². The van der Waals surface area contributed by atoms with Crippen molar-refractivity contribution in [2.24, 2.45) is 0 Å². The molecule has 0 aliphatic rings. The SMILES string of the molecule is COC(=O)CCCN(C)Cc1ccccc1C(F)(F)F. The zero-order valence-corrected chi connectivity index (χ0v) is 11.5. The van der Waals surface area contributed by atoms with Crippen LogP contribution in [0.4, 0.5) is 13.2 Å². The molecule has 3 nitrogen and oxygen atoms in total. The fraction of sp³-hybridized carbons (Fsp3) is 0.500. The van der Waals surface area contributed by atoms with Crippen LogP contribution < -0.4 is 0 Å². The van der Waals surface area contributed by atoms with Crippen molar-refractivity contribution in [2.45, 2.75) is 25.6 Å². The Bertz CT molecular complexity index is 446. The second-order valence-electron chi connectivity index (χ2n) is 4.57. The van der Waals surface area contributed by atoms with Crippen molar-refractivity contribution in [1.82, 2.24) is 4.90 Å². The quantitative estimate of drug-likeness (QED) is 0.754. The van der Waals surface area contributed by atoms with E-state index in [0.717, 1.165) is 6.07 Å². The van der Waals surface area contributed by atoms with Crippen LogP contribution in [0.1, 0.15) is 24.0 Å². The largest absolute Gasteiger partial charge is 0.469 e. The molecule has 0 N–H and O–H groups in total. The van der Waals surface area contributed by atoms with E-state index in [-0.39, 0.29) is 24.5 Å². The van der Waals surface area contributed by atoms with Gasteiger partial charge in [0.1, 0.15) is 0 Å². The molecule has 1 aromatic rings. The lowest BCUT2D eigenvalue weighted by Crippen LogP contribution is -2.22. The molecule has 1 rings (SSSR count). The van der Waals surface area contributed by atoms with Crippen molar-refractivity contribution in [2.75, 3.05) is 20.7 Å². The Hall–Kier alpha value is -1.56. The van der Waals surface area contributed by atoms with E-state index in [1.54, 1.807) is 18.0 Å². The fourth-order valence-electron chi connectivity index (χ4n) is 1.90. The van der Waals surface area contributed by atoms with E-state index < -0.39 is 11.7 Å². The molecule has 0 unspecified atom stereocenters. The topological polar surface area (TPSA) is 29.5 Å². The van der Waals surface area contributed by atoms with E-state index in [2.05, 4.69) is 4.74 Å². The van der Waals surface area contributed by atoms with Gasteiger partial charge < -0.3 is 9.64 Å². The van der Waals surface area contributed by atoms with Crippen LogP contribution >= 0.6 is 0 Å². The minimum Gasteiger partial charge on any atom is -0.469 e. The van der Waals surface area contributed by atoms with Crippen molar-refractivity contribution in [3.63, 3.8) is 0 Å².